The Balaban J connectivity index is 1.80. The van der Waals surface area contributed by atoms with Gasteiger partial charge in [0, 0.05) is 11.4 Å². The minimum absolute atomic E-state index is 0.0581. The van der Waals surface area contributed by atoms with Crippen LogP contribution < -0.4 is 10.9 Å². The van der Waals surface area contributed by atoms with Crippen molar-refractivity contribution in [1.82, 2.24) is 15.3 Å². The highest BCUT2D eigenvalue weighted by Gasteiger charge is 2.15. The highest BCUT2D eigenvalue weighted by Crippen LogP contribution is 2.25. The maximum Gasteiger partial charge on any atom is 0.259 e. The van der Waals surface area contributed by atoms with Gasteiger partial charge in [0.1, 0.15) is 17.3 Å². The van der Waals surface area contributed by atoms with Gasteiger partial charge in [0.15, 0.2) is 0 Å². The van der Waals surface area contributed by atoms with Crippen molar-refractivity contribution in [2.45, 2.75) is 39.4 Å². The Hall–Kier alpha value is -1.24. The van der Waals surface area contributed by atoms with Gasteiger partial charge in [-0.3, -0.25) is 4.79 Å². The van der Waals surface area contributed by atoms with Crippen LogP contribution in [0, 0.1) is 13.8 Å². The van der Waals surface area contributed by atoms with Gasteiger partial charge in [-0.1, -0.05) is 0 Å². The van der Waals surface area contributed by atoms with Gasteiger partial charge in [0.05, 0.1) is 11.5 Å². The van der Waals surface area contributed by atoms with Crippen LogP contribution in [-0.4, -0.2) is 29.2 Å². The van der Waals surface area contributed by atoms with Gasteiger partial charge in [-0.05, 0) is 38.8 Å². The first-order valence-corrected chi connectivity index (χ1v) is 7.78. The van der Waals surface area contributed by atoms with Crippen molar-refractivity contribution in [3.8, 4) is 0 Å². The molecule has 1 aliphatic heterocycles. The van der Waals surface area contributed by atoms with Gasteiger partial charge in [0.25, 0.3) is 5.56 Å². The van der Waals surface area contributed by atoms with Crippen LogP contribution in [0.25, 0.3) is 10.2 Å². The quantitative estimate of drug-likeness (QED) is 0.906. The van der Waals surface area contributed by atoms with E-state index in [9.17, 15) is 4.79 Å². The number of aryl methyl sites for hydroxylation is 2. The molecule has 1 unspecified atom stereocenters. The van der Waals surface area contributed by atoms with Crippen LogP contribution in [0.2, 0.25) is 0 Å². The fraction of sp³-hybridized carbons (Fsp3) is 0.571. The molecule has 0 bridgehead atoms. The van der Waals surface area contributed by atoms with Crippen molar-refractivity contribution in [2.24, 2.45) is 0 Å². The molecular weight excluding hydrogens is 274 g/mol. The lowest BCUT2D eigenvalue weighted by Gasteiger charge is -2.22. The molecule has 0 saturated carbocycles. The monoisotopic (exact) mass is 293 g/mol. The molecule has 6 heteroatoms. The molecular formula is C14H19N3O2S. The number of hydrogen-bond donors (Lipinski definition) is 2. The highest BCUT2D eigenvalue weighted by atomic mass is 32.1. The Labute approximate surface area is 121 Å². The third-order valence-corrected chi connectivity index (χ3v) is 4.90. The maximum atomic E-state index is 12.1. The molecule has 108 valence electrons. The average molecular weight is 293 g/mol. The van der Waals surface area contributed by atoms with Crippen molar-refractivity contribution in [2.75, 3.05) is 13.1 Å². The number of aromatic nitrogens is 2. The number of ether oxygens (including phenoxy) is 1. The summed E-state index contributed by atoms with van der Waals surface area (Å²) in [5, 5.41) is 4.03. The molecule has 5 nitrogen and oxygen atoms in total. The van der Waals surface area contributed by atoms with Crippen LogP contribution in [0.4, 0.5) is 0 Å². The zero-order chi connectivity index (χ0) is 14.1. The van der Waals surface area contributed by atoms with Crippen LogP contribution in [0.3, 0.4) is 0 Å². The summed E-state index contributed by atoms with van der Waals surface area (Å²) in [4.78, 5) is 21.4. The average Bonchev–Trinajstić information content (AvgIpc) is 2.73. The molecule has 0 aromatic carbocycles. The van der Waals surface area contributed by atoms with Gasteiger partial charge in [-0.15, -0.1) is 11.3 Å². The predicted molar refractivity (Wildman–Crippen MR) is 80.4 cm³/mol. The Morgan fingerprint density at radius 1 is 1.45 bits per heavy atom. The van der Waals surface area contributed by atoms with Gasteiger partial charge in [-0.25, -0.2) is 4.98 Å². The van der Waals surface area contributed by atoms with E-state index >= 15 is 0 Å². The lowest BCUT2D eigenvalue weighted by Crippen LogP contribution is -2.35. The Bertz CT molecular complexity index is 671. The first-order chi connectivity index (χ1) is 9.65. The number of nitrogens with zero attached hydrogens (tertiary/aromatic N) is 1. The topological polar surface area (TPSA) is 67.0 Å². The van der Waals surface area contributed by atoms with Crippen LogP contribution in [0.5, 0.6) is 0 Å². The molecule has 1 atom stereocenters. The minimum atomic E-state index is -0.0581. The van der Waals surface area contributed by atoms with Gasteiger partial charge in [0.2, 0.25) is 0 Å². The van der Waals surface area contributed by atoms with Crippen LogP contribution >= 0.6 is 11.3 Å². The standard InChI is InChI=1S/C14H19N3O2S/c1-8-9(2)20-14-12(8)13(18)16-11(17-14)7-19-10-4-3-5-15-6-10/h10,15H,3-7H2,1-2H3,(H,16,17,18). The molecule has 3 rings (SSSR count). The van der Waals surface area contributed by atoms with E-state index in [0.717, 1.165) is 46.6 Å². The summed E-state index contributed by atoms with van der Waals surface area (Å²) < 4.78 is 5.82. The van der Waals surface area contributed by atoms with Crippen LogP contribution in [-0.2, 0) is 11.3 Å². The molecule has 0 radical (unpaired) electrons. The first-order valence-electron chi connectivity index (χ1n) is 6.96. The zero-order valence-electron chi connectivity index (χ0n) is 11.8. The second-order valence-corrected chi connectivity index (χ2v) is 6.46. The minimum Gasteiger partial charge on any atom is -0.369 e. The van der Waals surface area contributed by atoms with E-state index in [0.29, 0.717) is 12.4 Å². The second-order valence-electron chi connectivity index (χ2n) is 5.26. The lowest BCUT2D eigenvalue weighted by molar-refractivity contribution is 0.0219. The third-order valence-electron chi connectivity index (χ3n) is 3.80. The maximum absolute atomic E-state index is 12.1. The SMILES string of the molecule is Cc1sc2nc(COC3CCCNC3)[nH]c(=O)c2c1C. The summed E-state index contributed by atoms with van der Waals surface area (Å²) in [5.41, 5.74) is 0.972. The number of thiophene rings is 1. The van der Waals surface area contributed by atoms with E-state index in [1.807, 2.05) is 13.8 Å². The summed E-state index contributed by atoms with van der Waals surface area (Å²) in [5.74, 6) is 0.620. The van der Waals surface area contributed by atoms with Crippen molar-refractivity contribution in [3.63, 3.8) is 0 Å². The van der Waals surface area contributed by atoms with Crippen molar-refractivity contribution >= 4 is 21.6 Å². The largest absolute Gasteiger partial charge is 0.369 e. The molecule has 2 N–H and O–H groups in total. The number of fused-ring (bicyclic) bond motifs is 1. The molecule has 2 aromatic heterocycles. The Morgan fingerprint density at radius 3 is 3.05 bits per heavy atom. The number of H-pyrrole nitrogens is 1. The molecule has 1 fully saturated rings. The lowest BCUT2D eigenvalue weighted by atomic mass is 10.1. The summed E-state index contributed by atoms with van der Waals surface area (Å²) in [7, 11) is 0. The summed E-state index contributed by atoms with van der Waals surface area (Å²) in [6.45, 7) is 6.30. The van der Waals surface area contributed by atoms with Gasteiger partial charge >= 0.3 is 0 Å². The molecule has 20 heavy (non-hydrogen) atoms. The van der Waals surface area contributed by atoms with Crippen LogP contribution in [0.1, 0.15) is 29.1 Å². The fourth-order valence-corrected chi connectivity index (χ4v) is 3.58. The molecule has 1 aliphatic rings. The Morgan fingerprint density at radius 2 is 2.30 bits per heavy atom. The Kier molecular flexibility index (Phi) is 3.87. The predicted octanol–water partition coefficient (Wildman–Crippen LogP) is 1.87. The zero-order valence-corrected chi connectivity index (χ0v) is 12.6. The third kappa shape index (κ3) is 2.63. The fourth-order valence-electron chi connectivity index (χ4n) is 2.53. The van der Waals surface area contributed by atoms with Gasteiger partial charge in [-0.2, -0.15) is 0 Å². The summed E-state index contributed by atoms with van der Waals surface area (Å²) in [6.07, 6.45) is 2.42. The second kappa shape index (κ2) is 5.63. The normalized spacial score (nSPS) is 19.6. The van der Waals surface area contributed by atoms with E-state index in [-0.39, 0.29) is 11.7 Å². The highest BCUT2D eigenvalue weighted by molar-refractivity contribution is 7.18. The van der Waals surface area contributed by atoms with Crippen molar-refractivity contribution < 1.29 is 4.74 Å². The smallest absolute Gasteiger partial charge is 0.259 e. The molecule has 2 aromatic rings. The number of rotatable bonds is 3. The van der Waals surface area contributed by atoms with E-state index < -0.39 is 0 Å². The van der Waals surface area contributed by atoms with E-state index in [1.54, 1.807) is 11.3 Å². The molecule has 0 spiro atoms. The van der Waals surface area contributed by atoms with E-state index in [2.05, 4.69) is 15.3 Å². The number of piperidine rings is 1. The number of hydrogen-bond acceptors (Lipinski definition) is 5. The van der Waals surface area contributed by atoms with E-state index in [4.69, 9.17) is 4.74 Å². The summed E-state index contributed by atoms with van der Waals surface area (Å²) >= 11 is 1.57. The van der Waals surface area contributed by atoms with Gasteiger partial charge < -0.3 is 15.0 Å². The van der Waals surface area contributed by atoms with Crippen molar-refractivity contribution in [3.05, 3.63) is 26.6 Å². The number of aromatic amines is 1. The van der Waals surface area contributed by atoms with Crippen molar-refractivity contribution in [1.29, 1.82) is 0 Å². The number of nitrogens with one attached hydrogen (secondary N) is 2. The molecule has 0 amide bonds. The summed E-state index contributed by atoms with van der Waals surface area (Å²) in [6, 6.07) is 0. The van der Waals surface area contributed by atoms with Crippen LogP contribution in [0.15, 0.2) is 4.79 Å². The van der Waals surface area contributed by atoms with E-state index in [1.165, 1.54) is 0 Å². The first kappa shape index (κ1) is 13.7. The molecule has 1 saturated heterocycles. The molecule has 3 heterocycles. The molecule has 0 aliphatic carbocycles.